The first kappa shape index (κ1) is 47.9. The minimum atomic E-state index is -0.786. The smallest absolute Gasteiger partial charge is 0.306 e. The molecule has 1 unspecified atom stereocenters. The van der Waals surface area contributed by atoms with E-state index in [4.69, 9.17) is 9.47 Å². The van der Waals surface area contributed by atoms with Gasteiger partial charge in [-0.3, -0.25) is 9.59 Å². The Hall–Kier alpha value is -2.14. The number of unbranched alkanes of at least 4 members (excludes halogenated alkanes) is 22. The molecular formula is C45H80O5. The predicted molar refractivity (Wildman–Crippen MR) is 214 cm³/mol. The quantitative estimate of drug-likeness (QED) is 0.0394. The number of ether oxygens (including phenoxy) is 2. The van der Waals surface area contributed by atoms with Gasteiger partial charge in [0, 0.05) is 12.8 Å². The molecule has 5 nitrogen and oxygen atoms in total. The zero-order valence-electron chi connectivity index (χ0n) is 32.9. The average Bonchev–Trinajstić information content (AvgIpc) is 3.12. The van der Waals surface area contributed by atoms with E-state index < -0.39 is 6.10 Å². The Labute approximate surface area is 309 Å². The normalized spacial score (nSPS) is 12.6. The van der Waals surface area contributed by atoms with Crippen molar-refractivity contribution in [2.45, 2.75) is 213 Å². The maximum absolute atomic E-state index is 12.2. The molecule has 1 atom stereocenters. The number of hydrogen-bond donors (Lipinski definition) is 1. The van der Waals surface area contributed by atoms with Crippen LogP contribution >= 0.6 is 0 Å². The molecule has 0 aromatic rings. The zero-order chi connectivity index (χ0) is 36.4. The third kappa shape index (κ3) is 38.7. The summed E-state index contributed by atoms with van der Waals surface area (Å²) in [5.74, 6) is -0.622. The lowest BCUT2D eigenvalue weighted by Gasteiger charge is -2.15. The van der Waals surface area contributed by atoms with E-state index in [9.17, 15) is 14.7 Å². The highest BCUT2D eigenvalue weighted by Gasteiger charge is 2.16. The Morgan fingerprint density at radius 1 is 0.460 bits per heavy atom. The van der Waals surface area contributed by atoms with Gasteiger partial charge in [0.1, 0.15) is 6.61 Å². The van der Waals surface area contributed by atoms with E-state index in [0.717, 1.165) is 64.2 Å². The molecule has 0 radical (unpaired) electrons. The number of rotatable bonds is 38. The summed E-state index contributed by atoms with van der Waals surface area (Å²) in [6, 6.07) is 0. The van der Waals surface area contributed by atoms with E-state index in [1.165, 1.54) is 116 Å². The third-order valence-electron chi connectivity index (χ3n) is 9.13. The number of aliphatic hydroxyl groups is 1. The van der Waals surface area contributed by atoms with Crippen LogP contribution in [0.1, 0.15) is 206 Å². The molecule has 0 amide bonds. The minimum absolute atomic E-state index is 0.0773. The highest BCUT2D eigenvalue weighted by molar-refractivity contribution is 5.70. The number of aliphatic hydroxyl groups excluding tert-OH is 1. The lowest BCUT2D eigenvalue weighted by molar-refractivity contribution is -0.161. The summed E-state index contributed by atoms with van der Waals surface area (Å²) in [6.07, 6.45) is 51.7. The molecule has 0 fully saturated rings. The van der Waals surface area contributed by atoms with Crippen LogP contribution in [0.4, 0.5) is 0 Å². The van der Waals surface area contributed by atoms with Crippen LogP contribution in [0.15, 0.2) is 48.6 Å². The predicted octanol–water partition coefficient (Wildman–Crippen LogP) is 13.4. The van der Waals surface area contributed by atoms with Crippen LogP contribution in [0.3, 0.4) is 0 Å². The molecule has 5 heteroatoms. The molecule has 0 aliphatic carbocycles. The monoisotopic (exact) mass is 701 g/mol. The fraction of sp³-hybridized carbons (Fsp3) is 0.778. The first-order chi connectivity index (χ1) is 24.6. The molecular weight excluding hydrogens is 620 g/mol. The maximum atomic E-state index is 12.2. The number of hydrogen-bond acceptors (Lipinski definition) is 5. The molecule has 0 heterocycles. The molecule has 0 rings (SSSR count). The maximum Gasteiger partial charge on any atom is 0.306 e. The van der Waals surface area contributed by atoms with Crippen molar-refractivity contribution in [3.8, 4) is 0 Å². The van der Waals surface area contributed by atoms with Crippen LogP contribution in [0.25, 0.3) is 0 Å². The molecule has 0 aromatic heterocycles. The number of esters is 2. The minimum Gasteiger partial charge on any atom is -0.462 e. The topological polar surface area (TPSA) is 72.8 Å². The average molecular weight is 701 g/mol. The Morgan fingerprint density at radius 2 is 0.800 bits per heavy atom. The van der Waals surface area contributed by atoms with E-state index in [2.05, 4.69) is 62.5 Å². The van der Waals surface area contributed by atoms with E-state index in [-0.39, 0.29) is 25.2 Å². The van der Waals surface area contributed by atoms with Crippen LogP contribution in [-0.2, 0) is 19.1 Å². The Bertz CT molecular complexity index is 842. The van der Waals surface area contributed by atoms with Gasteiger partial charge in [0.2, 0.25) is 0 Å². The highest BCUT2D eigenvalue weighted by Crippen LogP contribution is 2.15. The molecule has 0 bridgehead atoms. The summed E-state index contributed by atoms with van der Waals surface area (Å²) in [5.41, 5.74) is 0. The third-order valence-corrected chi connectivity index (χ3v) is 9.13. The summed E-state index contributed by atoms with van der Waals surface area (Å²) in [7, 11) is 0. The van der Waals surface area contributed by atoms with Crippen molar-refractivity contribution in [3.05, 3.63) is 48.6 Å². The molecule has 0 aliphatic rings. The van der Waals surface area contributed by atoms with Gasteiger partial charge >= 0.3 is 11.9 Å². The van der Waals surface area contributed by atoms with Crippen LogP contribution in [0, 0.1) is 0 Å². The van der Waals surface area contributed by atoms with Gasteiger partial charge in [-0.1, -0.05) is 184 Å². The van der Waals surface area contributed by atoms with Gasteiger partial charge in [0.15, 0.2) is 6.10 Å². The summed E-state index contributed by atoms with van der Waals surface area (Å²) in [4.78, 5) is 24.3. The second-order valence-corrected chi connectivity index (χ2v) is 14.1. The summed E-state index contributed by atoms with van der Waals surface area (Å²) in [6.45, 7) is 4.09. The SMILES string of the molecule is CCCCCC=CCC=CCC=CCC=CCCCCCC(=O)OC(CO)COC(=O)CCCCCCCCCCCCCCCCCCC. The van der Waals surface area contributed by atoms with E-state index in [1.807, 2.05) is 0 Å². The summed E-state index contributed by atoms with van der Waals surface area (Å²) in [5, 5.41) is 9.57. The summed E-state index contributed by atoms with van der Waals surface area (Å²) < 4.78 is 10.6. The number of carbonyl (C=O) groups excluding carboxylic acids is 2. The zero-order valence-corrected chi connectivity index (χ0v) is 32.9. The van der Waals surface area contributed by atoms with Crippen molar-refractivity contribution < 1.29 is 24.2 Å². The van der Waals surface area contributed by atoms with E-state index in [1.54, 1.807) is 0 Å². The van der Waals surface area contributed by atoms with Crippen LogP contribution in [-0.4, -0.2) is 36.4 Å². The molecule has 50 heavy (non-hydrogen) atoms. The fourth-order valence-electron chi connectivity index (χ4n) is 5.89. The molecule has 0 spiro atoms. The van der Waals surface area contributed by atoms with Gasteiger partial charge in [0.05, 0.1) is 6.61 Å². The van der Waals surface area contributed by atoms with Crippen molar-refractivity contribution in [1.82, 2.24) is 0 Å². The molecule has 290 valence electrons. The van der Waals surface area contributed by atoms with Crippen LogP contribution in [0.2, 0.25) is 0 Å². The second kappa shape index (κ2) is 41.3. The fourth-order valence-corrected chi connectivity index (χ4v) is 5.89. The van der Waals surface area contributed by atoms with Crippen molar-refractivity contribution >= 4 is 11.9 Å². The van der Waals surface area contributed by atoms with Gasteiger partial charge in [-0.15, -0.1) is 0 Å². The molecule has 0 aliphatic heterocycles. The van der Waals surface area contributed by atoms with E-state index >= 15 is 0 Å². The lowest BCUT2D eigenvalue weighted by atomic mass is 10.0. The van der Waals surface area contributed by atoms with Gasteiger partial charge in [0.25, 0.3) is 0 Å². The Balaban J connectivity index is 3.60. The number of allylic oxidation sites excluding steroid dienone is 8. The summed E-state index contributed by atoms with van der Waals surface area (Å²) >= 11 is 0. The van der Waals surface area contributed by atoms with Crippen molar-refractivity contribution in [2.75, 3.05) is 13.2 Å². The highest BCUT2D eigenvalue weighted by atomic mass is 16.6. The van der Waals surface area contributed by atoms with Crippen molar-refractivity contribution in [2.24, 2.45) is 0 Å². The molecule has 1 N–H and O–H groups in total. The van der Waals surface area contributed by atoms with Crippen LogP contribution in [0.5, 0.6) is 0 Å². The number of carbonyl (C=O) groups is 2. The first-order valence-corrected chi connectivity index (χ1v) is 21.2. The van der Waals surface area contributed by atoms with Crippen LogP contribution < -0.4 is 0 Å². The van der Waals surface area contributed by atoms with Gasteiger partial charge in [-0.2, -0.15) is 0 Å². The molecule has 0 aromatic carbocycles. The van der Waals surface area contributed by atoms with Gasteiger partial charge in [-0.25, -0.2) is 0 Å². The second-order valence-electron chi connectivity index (χ2n) is 14.1. The standard InChI is InChI=1S/C45H80O5/c1-3-5-7-9-11-13-15-17-19-21-22-24-26-28-30-32-34-36-38-40-45(48)50-43(41-46)42-49-44(47)39-37-35-33-31-29-27-25-23-20-18-16-14-12-10-8-6-4-2/h11,13,17,19,22,24,28,30,43,46H,3-10,12,14-16,18,20-21,23,25-27,29,31-42H2,1-2H3. The lowest BCUT2D eigenvalue weighted by Crippen LogP contribution is -2.28. The Morgan fingerprint density at radius 3 is 1.24 bits per heavy atom. The largest absolute Gasteiger partial charge is 0.462 e. The van der Waals surface area contributed by atoms with Crippen molar-refractivity contribution in [1.29, 1.82) is 0 Å². The van der Waals surface area contributed by atoms with Gasteiger partial charge < -0.3 is 14.6 Å². The molecule has 0 saturated carbocycles. The first-order valence-electron chi connectivity index (χ1n) is 21.2. The van der Waals surface area contributed by atoms with Crippen molar-refractivity contribution in [3.63, 3.8) is 0 Å². The Kier molecular flexibility index (Phi) is 39.5. The van der Waals surface area contributed by atoms with Gasteiger partial charge in [-0.05, 0) is 57.8 Å². The molecule has 0 saturated heterocycles. The van der Waals surface area contributed by atoms with E-state index in [0.29, 0.717) is 12.8 Å².